The number of anilines is 1. The Hall–Kier alpha value is -3.39. The van der Waals surface area contributed by atoms with Gasteiger partial charge in [0.2, 0.25) is 0 Å². The largest absolute Gasteiger partial charge is 0.744 e. The number of halogens is 3. The fraction of sp³-hybridized carbons (Fsp3) is 0.241. The molecule has 7 nitrogen and oxygen atoms in total. The molecule has 42 heavy (non-hydrogen) atoms. The molecule has 1 aliphatic heterocycles. The third-order valence-corrected chi connectivity index (χ3v) is 9.74. The summed E-state index contributed by atoms with van der Waals surface area (Å²) in [5, 5.41) is 0.655. The molecule has 2 aromatic heterocycles. The fourth-order valence-electron chi connectivity index (χ4n) is 4.17. The van der Waals surface area contributed by atoms with Crippen molar-refractivity contribution in [2.75, 3.05) is 11.9 Å². The first-order chi connectivity index (χ1) is 19.7. The summed E-state index contributed by atoms with van der Waals surface area (Å²) in [6.45, 7) is 7.14. The van der Waals surface area contributed by atoms with Crippen LogP contribution in [-0.4, -0.2) is 24.6 Å². The summed E-state index contributed by atoms with van der Waals surface area (Å²) >= 11 is 2.57. The number of alkyl halides is 3. The molecule has 0 aliphatic carbocycles. The zero-order valence-corrected chi connectivity index (χ0v) is 25.6. The highest BCUT2D eigenvalue weighted by atomic mass is 32.2. The van der Waals surface area contributed by atoms with E-state index in [4.69, 9.17) is 0 Å². The van der Waals surface area contributed by atoms with E-state index >= 15 is 0 Å². The van der Waals surface area contributed by atoms with Gasteiger partial charge in [0.05, 0.1) is 20.8 Å². The van der Waals surface area contributed by atoms with E-state index in [0.29, 0.717) is 26.7 Å². The number of thioether (sulfide) groups is 1. The van der Waals surface area contributed by atoms with Gasteiger partial charge in [-0.25, -0.2) is 13.0 Å². The third-order valence-electron chi connectivity index (χ3n) is 6.43. The van der Waals surface area contributed by atoms with Crippen LogP contribution >= 0.6 is 23.1 Å². The third kappa shape index (κ3) is 6.97. The number of rotatable bonds is 4. The van der Waals surface area contributed by atoms with E-state index in [1.54, 1.807) is 28.6 Å². The van der Waals surface area contributed by atoms with Crippen LogP contribution in [0.2, 0.25) is 0 Å². The Morgan fingerprint density at radius 1 is 1.07 bits per heavy atom. The Labute approximate surface area is 249 Å². The van der Waals surface area contributed by atoms with Crippen molar-refractivity contribution in [1.29, 1.82) is 0 Å². The highest BCUT2D eigenvalue weighted by Gasteiger charge is 2.33. The lowest BCUT2D eigenvalue weighted by Crippen LogP contribution is -2.33. The highest BCUT2D eigenvalue weighted by Crippen LogP contribution is 2.47. The Balaban J connectivity index is 0.000000310. The number of fused-ring (bicyclic) bond motifs is 1. The molecule has 1 aliphatic rings. The van der Waals surface area contributed by atoms with Crippen LogP contribution in [0.15, 0.2) is 81.6 Å². The number of pyridine rings is 1. The normalized spacial score (nSPS) is 15.0. The summed E-state index contributed by atoms with van der Waals surface area (Å²) in [7, 11) is -2.49. The molecule has 0 unspecified atom stereocenters. The molecular weight excluding hydrogens is 608 g/mol. The summed E-state index contributed by atoms with van der Waals surface area (Å²) in [4.78, 5) is 15.3. The summed E-state index contributed by atoms with van der Waals surface area (Å²) in [6.07, 6.45) is 1.57. The maximum Gasteiger partial charge on any atom is 0.416 e. The molecule has 0 saturated heterocycles. The van der Waals surface area contributed by atoms with E-state index in [-0.39, 0.29) is 10.5 Å². The number of thiazole rings is 1. The number of aromatic nitrogens is 2. The van der Waals surface area contributed by atoms with Gasteiger partial charge < -0.3 is 9.45 Å². The molecule has 0 fully saturated rings. The standard InChI is InChI=1S/C22H21F3N3OS2.C7H8O3S/c1-4-27-10-6-7-14(13-27)11-18-28(5-2)20(29)19(31-18)21-26(3)16-9-8-15(22(23,24)25)12-17(16)30-21;1-6-2-4-7(5-3-6)11(8,9)10/h6-13H,4-5H2,1-3H3;2-5H,1H3,(H,8,9,10)/q+1;/p-1/b18-11-,21-19+;. The van der Waals surface area contributed by atoms with Crippen LogP contribution in [0.3, 0.4) is 0 Å². The van der Waals surface area contributed by atoms with E-state index in [9.17, 15) is 30.9 Å². The van der Waals surface area contributed by atoms with Crippen LogP contribution in [-0.2, 0) is 29.4 Å². The minimum absolute atomic E-state index is 0.128. The van der Waals surface area contributed by atoms with Crippen LogP contribution in [0, 0.1) is 6.92 Å². The average Bonchev–Trinajstić information content (AvgIpc) is 3.43. The molecule has 5 rings (SSSR count). The van der Waals surface area contributed by atoms with Crippen LogP contribution in [0.1, 0.15) is 30.5 Å². The van der Waals surface area contributed by atoms with E-state index in [1.807, 2.05) is 44.4 Å². The molecule has 3 heterocycles. The fourth-order valence-corrected chi connectivity index (χ4v) is 7.16. The van der Waals surface area contributed by atoms with Crippen molar-refractivity contribution >= 4 is 50.0 Å². The molecule has 2 aromatic carbocycles. The van der Waals surface area contributed by atoms with Crippen molar-refractivity contribution in [3.63, 3.8) is 0 Å². The SMILES string of the molecule is CCn1c(=O)/c(=C2\Sc3cc(C(F)(F)F)ccc3N2C)s/c1=C\c1ccc[n+](CC)c1.Cc1ccc(S(=O)(=O)[O-])cc1. The topological polar surface area (TPSA) is 86.3 Å². The zero-order chi connectivity index (χ0) is 30.8. The first-order valence-electron chi connectivity index (χ1n) is 12.8. The summed E-state index contributed by atoms with van der Waals surface area (Å²) in [5.74, 6) is 0. The Kier molecular flexibility index (Phi) is 9.36. The first kappa shape index (κ1) is 31.5. The van der Waals surface area contributed by atoms with Crippen LogP contribution in [0.25, 0.3) is 11.1 Å². The first-order valence-corrected chi connectivity index (χ1v) is 15.9. The molecule has 13 heteroatoms. The number of nitrogens with zero attached hydrogens (tertiary/aromatic N) is 3. The van der Waals surface area contributed by atoms with Gasteiger partial charge in [-0.15, -0.1) is 11.3 Å². The van der Waals surface area contributed by atoms with Gasteiger partial charge in [-0.1, -0.05) is 29.5 Å². The summed E-state index contributed by atoms with van der Waals surface area (Å²) in [5.41, 5.74) is 1.76. The van der Waals surface area contributed by atoms with Crippen molar-refractivity contribution in [1.82, 2.24) is 4.57 Å². The highest BCUT2D eigenvalue weighted by molar-refractivity contribution is 8.08. The number of hydrogen-bond donors (Lipinski definition) is 0. The molecule has 4 aromatic rings. The number of benzene rings is 2. The smallest absolute Gasteiger partial charge is 0.416 e. The van der Waals surface area contributed by atoms with Crippen molar-refractivity contribution < 1.29 is 30.7 Å². The van der Waals surface area contributed by atoms with E-state index in [2.05, 4.69) is 11.5 Å². The molecular formula is C29H28F3N3O4S3. The quantitative estimate of drug-likeness (QED) is 0.246. The van der Waals surface area contributed by atoms with Crippen LogP contribution in [0.5, 0.6) is 0 Å². The minimum Gasteiger partial charge on any atom is -0.744 e. The Morgan fingerprint density at radius 2 is 1.76 bits per heavy atom. The predicted molar refractivity (Wildman–Crippen MR) is 158 cm³/mol. The van der Waals surface area contributed by atoms with Gasteiger partial charge in [-0.3, -0.25) is 9.36 Å². The summed E-state index contributed by atoms with van der Waals surface area (Å²) < 4.78 is 75.6. The zero-order valence-electron chi connectivity index (χ0n) is 23.2. The van der Waals surface area contributed by atoms with Crippen molar-refractivity contribution in [2.45, 2.75) is 49.8 Å². The monoisotopic (exact) mass is 635 g/mol. The summed E-state index contributed by atoms with van der Waals surface area (Å²) in [6, 6.07) is 13.4. The molecule has 0 radical (unpaired) electrons. The van der Waals surface area contributed by atoms with E-state index in [0.717, 1.165) is 34.5 Å². The second-order valence-corrected chi connectivity index (χ2v) is 12.8. The molecule has 0 atom stereocenters. The molecule has 0 bridgehead atoms. The minimum atomic E-state index is -4.40. The average molecular weight is 636 g/mol. The second-order valence-electron chi connectivity index (χ2n) is 9.34. The van der Waals surface area contributed by atoms with Gasteiger partial charge in [-0.05, 0) is 63.2 Å². The maximum atomic E-state index is 13.2. The van der Waals surface area contributed by atoms with Crippen molar-refractivity contribution in [3.8, 4) is 0 Å². The Bertz CT molecular complexity index is 1900. The molecule has 0 saturated carbocycles. The molecule has 0 spiro atoms. The van der Waals surface area contributed by atoms with Crippen molar-refractivity contribution in [2.24, 2.45) is 0 Å². The lowest BCUT2D eigenvalue weighted by Gasteiger charge is -2.13. The van der Waals surface area contributed by atoms with Crippen LogP contribution < -0.4 is 24.2 Å². The van der Waals surface area contributed by atoms with E-state index in [1.165, 1.54) is 41.3 Å². The molecule has 0 amide bonds. The number of hydrogen-bond acceptors (Lipinski definition) is 7. The van der Waals surface area contributed by atoms with Gasteiger partial charge in [0.1, 0.15) is 26.2 Å². The lowest BCUT2D eigenvalue weighted by molar-refractivity contribution is -0.693. The second kappa shape index (κ2) is 12.5. The van der Waals surface area contributed by atoms with E-state index < -0.39 is 21.9 Å². The van der Waals surface area contributed by atoms with Gasteiger partial charge in [0.25, 0.3) is 5.56 Å². The Morgan fingerprint density at radius 3 is 2.36 bits per heavy atom. The van der Waals surface area contributed by atoms with Gasteiger partial charge in [0.15, 0.2) is 12.4 Å². The molecule has 0 N–H and O–H groups in total. The van der Waals surface area contributed by atoms with Crippen LogP contribution in [0.4, 0.5) is 18.9 Å². The van der Waals surface area contributed by atoms with Gasteiger partial charge in [0, 0.05) is 30.1 Å². The van der Waals surface area contributed by atoms with Gasteiger partial charge >= 0.3 is 6.18 Å². The number of aryl methyl sites for hydroxylation is 2. The predicted octanol–water partition coefficient (Wildman–Crippen LogP) is 4.29. The van der Waals surface area contributed by atoms with Crippen molar-refractivity contribution in [3.05, 3.63) is 103 Å². The van der Waals surface area contributed by atoms with Gasteiger partial charge in [-0.2, -0.15) is 13.2 Å². The molecule has 222 valence electrons. The maximum absolute atomic E-state index is 13.2. The lowest BCUT2D eigenvalue weighted by atomic mass is 10.2.